The van der Waals surface area contributed by atoms with Crippen LogP contribution in [0.15, 0.2) is 79.7 Å². The van der Waals surface area contributed by atoms with E-state index in [0.717, 1.165) is 81.0 Å². The number of likely N-dealkylation sites (tertiary alicyclic amines) is 1. The number of rotatable bonds is 10. The second-order valence-electron chi connectivity index (χ2n) is 11.2. The third-order valence-corrected chi connectivity index (χ3v) is 8.40. The van der Waals surface area contributed by atoms with Gasteiger partial charge in [0.2, 0.25) is 0 Å². The minimum absolute atomic E-state index is 0.212. The van der Waals surface area contributed by atoms with E-state index >= 15 is 4.39 Å². The average molecular weight is 561 g/mol. The van der Waals surface area contributed by atoms with Crippen molar-refractivity contribution < 1.29 is 4.39 Å². The number of aromatic nitrogens is 5. The third-order valence-electron chi connectivity index (χ3n) is 8.40. The largest absolute Gasteiger partial charge is 0.357 e. The molecule has 1 aromatic carbocycles. The molecule has 2 N–H and O–H groups in total. The number of H-pyrrole nitrogens is 2. The molecular weight excluding hydrogens is 523 g/mol. The van der Waals surface area contributed by atoms with E-state index in [0.29, 0.717) is 5.92 Å². The van der Waals surface area contributed by atoms with Crippen molar-refractivity contribution in [2.75, 3.05) is 19.6 Å². The number of halogens is 1. The summed E-state index contributed by atoms with van der Waals surface area (Å²) in [7, 11) is 0. The van der Waals surface area contributed by atoms with Gasteiger partial charge in [-0.2, -0.15) is 5.10 Å². The number of fused-ring (bicyclic) bond motifs is 1. The maximum Gasteiger partial charge on any atom is 0.135 e. The average Bonchev–Trinajstić information content (AvgIpc) is 3.76. The van der Waals surface area contributed by atoms with Crippen LogP contribution in [0.3, 0.4) is 0 Å². The van der Waals surface area contributed by atoms with E-state index in [9.17, 15) is 0 Å². The van der Waals surface area contributed by atoms with Gasteiger partial charge < -0.3 is 9.88 Å². The molecule has 0 bridgehead atoms. The molecule has 0 amide bonds. The minimum atomic E-state index is -0.212. The summed E-state index contributed by atoms with van der Waals surface area (Å²) in [6.07, 6.45) is 11.9. The van der Waals surface area contributed by atoms with Gasteiger partial charge in [-0.05, 0) is 117 Å². The third kappa shape index (κ3) is 5.70. The first-order valence-electron chi connectivity index (χ1n) is 14.9. The maximum atomic E-state index is 15.2. The highest BCUT2D eigenvalue weighted by molar-refractivity contribution is 5.92. The topological polar surface area (TPSA) is 73.5 Å². The molecule has 0 radical (unpaired) electrons. The summed E-state index contributed by atoms with van der Waals surface area (Å²) in [4.78, 5) is 15.2. The van der Waals surface area contributed by atoms with Gasteiger partial charge in [0, 0.05) is 29.2 Å². The van der Waals surface area contributed by atoms with Gasteiger partial charge in [0.05, 0.1) is 16.9 Å². The lowest BCUT2D eigenvalue weighted by molar-refractivity contribution is 0.319. The fourth-order valence-corrected chi connectivity index (χ4v) is 6.14. The van der Waals surface area contributed by atoms with Gasteiger partial charge in [-0.15, -0.1) is 0 Å². The van der Waals surface area contributed by atoms with Crippen molar-refractivity contribution in [1.82, 2.24) is 30.0 Å². The zero-order chi connectivity index (χ0) is 29.1. The van der Waals surface area contributed by atoms with Gasteiger partial charge in [0.25, 0.3) is 0 Å². The highest BCUT2D eigenvalue weighted by atomic mass is 19.1. The molecule has 6 nitrogen and oxygen atoms in total. The summed E-state index contributed by atoms with van der Waals surface area (Å²) in [6, 6.07) is 15.4. The van der Waals surface area contributed by atoms with Crippen LogP contribution in [0.4, 0.5) is 4.39 Å². The number of benzene rings is 1. The molecule has 1 saturated heterocycles. The number of hydrogen-bond acceptors (Lipinski definition) is 4. The van der Waals surface area contributed by atoms with Gasteiger partial charge in [-0.3, -0.25) is 10.1 Å². The summed E-state index contributed by atoms with van der Waals surface area (Å²) in [5, 5.41) is 7.72. The van der Waals surface area contributed by atoms with E-state index < -0.39 is 0 Å². The molecule has 1 fully saturated rings. The van der Waals surface area contributed by atoms with Crippen molar-refractivity contribution in [2.24, 2.45) is 0 Å². The van der Waals surface area contributed by atoms with Crippen LogP contribution in [0, 0.1) is 12.7 Å². The Morgan fingerprint density at radius 1 is 1.14 bits per heavy atom. The number of aromatic amines is 2. The first kappa shape index (κ1) is 27.8. The molecule has 5 aromatic rings. The van der Waals surface area contributed by atoms with E-state index in [-0.39, 0.29) is 5.82 Å². The van der Waals surface area contributed by atoms with Crippen molar-refractivity contribution in [2.45, 2.75) is 45.4 Å². The molecule has 1 aliphatic heterocycles. The molecule has 42 heavy (non-hydrogen) atoms. The Labute approximate surface area is 246 Å². The van der Waals surface area contributed by atoms with Crippen molar-refractivity contribution >= 4 is 16.6 Å². The molecule has 0 saturated carbocycles. The van der Waals surface area contributed by atoms with Gasteiger partial charge in [0.15, 0.2) is 0 Å². The van der Waals surface area contributed by atoms with E-state index in [1.54, 1.807) is 30.6 Å². The van der Waals surface area contributed by atoms with Crippen LogP contribution in [0.5, 0.6) is 0 Å². The van der Waals surface area contributed by atoms with Crippen molar-refractivity contribution in [3.63, 3.8) is 0 Å². The van der Waals surface area contributed by atoms with Crippen molar-refractivity contribution in [3.8, 4) is 22.6 Å². The second-order valence-corrected chi connectivity index (χ2v) is 11.2. The smallest absolute Gasteiger partial charge is 0.135 e. The molecule has 4 aromatic heterocycles. The first-order valence-corrected chi connectivity index (χ1v) is 14.9. The standard InChI is InChI=1S/C35H37FN6/c1-4-9-29(27-18-26(19-28(36)20-27)24(5-2)13-17-42-15-6-7-16-42)30-21-33(38-23(30)3)35-34-32(40-41-35)12-11-31(39-34)25-10-8-14-37-22-25/h4,8-12,14,18-22,24,38H,1,5-7,13,15-17H2,2-3H3,(H,40,41)/b29-9-. The highest BCUT2D eigenvalue weighted by Crippen LogP contribution is 2.35. The van der Waals surface area contributed by atoms with Crippen LogP contribution >= 0.6 is 0 Å². The number of nitrogens with one attached hydrogen (secondary N) is 2. The van der Waals surface area contributed by atoms with E-state index in [1.165, 1.54) is 25.9 Å². The lowest BCUT2D eigenvalue weighted by Gasteiger charge is -2.21. The molecule has 6 rings (SSSR count). The lowest BCUT2D eigenvalue weighted by Crippen LogP contribution is -2.22. The maximum absolute atomic E-state index is 15.2. The molecule has 7 heteroatoms. The molecule has 0 aliphatic carbocycles. The van der Waals surface area contributed by atoms with Gasteiger partial charge in [-0.25, -0.2) is 9.37 Å². The SMILES string of the molecule is C=C/C=C(/c1cc(F)cc(C(CC)CCN2CCCC2)c1)c1cc(-c2n[nH]c3ccc(-c4cccnc4)nc23)[nH]c1C. The Hall–Kier alpha value is -4.36. The number of nitrogens with zero attached hydrogens (tertiary/aromatic N) is 4. The number of pyridine rings is 2. The Morgan fingerprint density at radius 3 is 2.76 bits per heavy atom. The minimum Gasteiger partial charge on any atom is -0.357 e. The van der Waals surface area contributed by atoms with Gasteiger partial charge >= 0.3 is 0 Å². The summed E-state index contributed by atoms with van der Waals surface area (Å²) >= 11 is 0. The monoisotopic (exact) mass is 560 g/mol. The Balaban J connectivity index is 1.34. The van der Waals surface area contributed by atoms with Gasteiger partial charge in [-0.1, -0.05) is 31.7 Å². The highest BCUT2D eigenvalue weighted by Gasteiger charge is 2.20. The van der Waals surface area contributed by atoms with E-state index in [2.05, 4.69) is 50.7 Å². The predicted octanol–water partition coefficient (Wildman–Crippen LogP) is 8.06. The van der Waals surface area contributed by atoms with Crippen LogP contribution in [0.25, 0.3) is 39.3 Å². The summed E-state index contributed by atoms with van der Waals surface area (Å²) < 4.78 is 15.2. The first-order chi connectivity index (χ1) is 20.5. The van der Waals surface area contributed by atoms with Crippen LogP contribution in [-0.2, 0) is 0 Å². The molecule has 1 unspecified atom stereocenters. The summed E-state index contributed by atoms with van der Waals surface area (Å²) in [5.74, 6) is 0.0966. The van der Waals surface area contributed by atoms with Crippen LogP contribution in [0.1, 0.15) is 60.9 Å². The quantitative estimate of drug-likeness (QED) is 0.170. The Morgan fingerprint density at radius 2 is 2.00 bits per heavy atom. The van der Waals surface area contributed by atoms with Crippen LogP contribution in [-0.4, -0.2) is 49.7 Å². The zero-order valence-electron chi connectivity index (χ0n) is 24.3. The van der Waals surface area contributed by atoms with Gasteiger partial charge in [0.1, 0.15) is 17.0 Å². The second kappa shape index (κ2) is 12.2. The molecule has 5 heterocycles. The Bertz CT molecular complexity index is 1730. The zero-order valence-corrected chi connectivity index (χ0v) is 24.3. The Kier molecular flexibility index (Phi) is 8.11. The number of allylic oxidation sites excluding steroid dienone is 2. The molecular formula is C35H37FN6. The molecule has 214 valence electrons. The van der Waals surface area contributed by atoms with Crippen molar-refractivity contribution in [1.29, 1.82) is 0 Å². The summed E-state index contributed by atoms with van der Waals surface area (Å²) in [6.45, 7) is 11.6. The fourth-order valence-electron chi connectivity index (χ4n) is 6.14. The van der Waals surface area contributed by atoms with E-state index in [4.69, 9.17) is 4.98 Å². The van der Waals surface area contributed by atoms with Crippen molar-refractivity contribution in [3.05, 3.63) is 108 Å². The number of hydrogen-bond donors (Lipinski definition) is 2. The molecule has 1 aliphatic rings. The summed E-state index contributed by atoms with van der Waals surface area (Å²) in [5.41, 5.74) is 9.74. The van der Waals surface area contributed by atoms with Crippen LogP contribution < -0.4 is 0 Å². The lowest BCUT2D eigenvalue weighted by atomic mass is 9.88. The predicted molar refractivity (Wildman–Crippen MR) is 169 cm³/mol. The number of aryl methyl sites for hydroxylation is 1. The van der Waals surface area contributed by atoms with Crippen LogP contribution in [0.2, 0.25) is 0 Å². The molecule has 0 spiro atoms. The normalized spacial score (nSPS) is 15.0. The fraction of sp³-hybridized carbons (Fsp3) is 0.286. The molecule has 1 atom stereocenters. The van der Waals surface area contributed by atoms with E-state index in [1.807, 2.05) is 37.3 Å².